The van der Waals surface area contributed by atoms with Gasteiger partial charge in [-0.3, -0.25) is 9.59 Å². The van der Waals surface area contributed by atoms with Crippen LogP contribution in [-0.4, -0.2) is 72.6 Å². The number of anilines is 3. The number of aromatic nitrogens is 2. The molecular formula is C34H44N6O4. The fraction of sp³-hybridized carbons (Fsp3) is 0.529. The Bertz CT molecular complexity index is 1450. The van der Waals surface area contributed by atoms with Crippen LogP contribution in [0.5, 0.6) is 0 Å². The molecule has 0 bridgehead atoms. The molecule has 1 aromatic carbocycles. The second kappa shape index (κ2) is 12.2. The quantitative estimate of drug-likeness (QED) is 0.403. The highest BCUT2D eigenvalue weighted by Gasteiger charge is 2.51. The lowest BCUT2D eigenvalue weighted by Gasteiger charge is -2.43. The zero-order valence-corrected chi connectivity index (χ0v) is 26.5. The van der Waals surface area contributed by atoms with Crippen LogP contribution < -0.4 is 15.1 Å². The molecule has 3 unspecified atom stereocenters. The maximum absolute atomic E-state index is 13.6. The Kier molecular flexibility index (Phi) is 8.37. The average molecular weight is 601 g/mol. The molecule has 1 saturated carbocycles. The first-order chi connectivity index (χ1) is 21.2. The first-order valence-corrected chi connectivity index (χ1v) is 15.9. The van der Waals surface area contributed by atoms with Crippen LogP contribution in [0.2, 0.25) is 0 Å². The third-order valence-corrected chi connectivity index (χ3v) is 9.57. The van der Waals surface area contributed by atoms with E-state index in [4.69, 9.17) is 14.5 Å². The van der Waals surface area contributed by atoms with Crippen molar-refractivity contribution in [3.8, 4) is 0 Å². The van der Waals surface area contributed by atoms with E-state index >= 15 is 0 Å². The molecule has 0 radical (unpaired) electrons. The van der Waals surface area contributed by atoms with Gasteiger partial charge in [0.2, 0.25) is 11.9 Å². The molecule has 4 aliphatic rings. The molecule has 234 valence electrons. The summed E-state index contributed by atoms with van der Waals surface area (Å²) in [5.74, 6) is 1.56. The normalized spacial score (nSPS) is 26.6. The molecule has 2 aromatic rings. The van der Waals surface area contributed by atoms with E-state index < -0.39 is 5.41 Å². The van der Waals surface area contributed by atoms with Crippen LogP contribution in [0, 0.1) is 11.3 Å². The van der Waals surface area contributed by atoms with Gasteiger partial charge in [0, 0.05) is 25.6 Å². The summed E-state index contributed by atoms with van der Waals surface area (Å²) >= 11 is 0. The maximum Gasteiger partial charge on any atom is 0.316 e. The molecule has 0 spiro atoms. The van der Waals surface area contributed by atoms with Gasteiger partial charge in [-0.25, -0.2) is 4.98 Å². The number of hydrogen-bond acceptors (Lipinski definition) is 9. The van der Waals surface area contributed by atoms with Crippen molar-refractivity contribution in [3.63, 3.8) is 0 Å². The number of likely N-dealkylation sites (N-methyl/N-ethyl adjacent to an activating group) is 2. The molecule has 3 heterocycles. The van der Waals surface area contributed by atoms with Gasteiger partial charge in [-0.2, -0.15) is 4.98 Å². The molecule has 2 aliphatic heterocycles. The van der Waals surface area contributed by atoms with E-state index in [2.05, 4.69) is 27.0 Å². The van der Waals surface area contributed by atoms with Crippen LogP contribution in [0.15, 0.2) is 60.1 Å². The van der Waals surface area contributed by atoms with Crippen LogP contribution in [0.1, 0.15) is 57.9 Å². The number of hydrogen-bond donors (Lipinski definition) is 1. The number of benzene rings is 1. The number of carbonyl (C=O) groups excluding carboxylic acids is 2. The summed E-state index contributed by atoms with van der Waals surface area (Å²) in [6.07, 6.45) is 11.3. The minimum Gasteiger partial charge on any atom is -0.491 e. The molecule has 2 fully saturated rings. The molecule has 6 rings (SSSR count). The van der Waals surface area contributed by atoms with Crippen molar-refractivity contribution in [2.45, 2.75) is 77.2 Å². The number of allylic oxidation sites excluding steroid dienone is 2. The summed E-state index contributed by atoms with van der Waals surface area (Å²) in [5, 5.41) is 3.43. The predicted molar refractivity (Wildman–Crippen MR) is 170 cm³/mol. The highest BCUT2D eigenvalue weighted by molar-refractivity contribution is 6.04. The first-order valence-electron chi connectivity index (χ1n) is 15.9. The van der Waals surface area contributed by atoms with Gasteiger partial charge in [0.05, 0.1) is 17.3 Å². The molecule has 2 aliphatic carbocycles. The number of fused-ring (bicyclic) bond motifs is 2. The summed E-state index contributed by atoms with van der Waals surface area (Å²) in [5.41, 5.74) is 1.53. The van der Waals surface area contributed by atoms with E-state index in [1.54, 1.807) is 18.1 Å². The standard InChI is InChI=1S/C34H44N6O4/c1-6-27-31(41)39(5)28-19-35-33(37-30(28)40(27)23-14-10-11-15-23)36-26-16-17-34(2,25-18-24(20-38(3)4)44-29(25)26)32(42)43-21-22-12-8-7-9-13-22/h7-9,12-13,16-17,19,23-25,27H,6,10-11,14-15,18,20-21H2,1-5H3,(H,35,36,37)/t24?,25?,27-,34?/m1/s1. The summed E-state index contributed by atoms with van der Waals surface area (Å²) in [6, 6.07) is 9.77. The van der Waals surface area contributed by atoms with Crippen LogP contribution in [0.25, 0.3) is 0 Å². The van der Waals surface area contributed by atoms with Crippen LogP contribution >= 0.6 is 0 Å². The zero-order valence-electron chi connectivity index (χ0n) is 26.5. The first kappa shape index (κ1) is 30.1. The minimum atomic E-state index is -0.885. The number of nitrogens with one attached hydrogen (secondary N) is 1. The maximum atomic E-state index is 13.6. The third-order valence-electron chi connectivity index (χ3n) is 9.57. The molecule has 1 aromatic heterocycles. The highest BCUT2D eigenvalue weighted by atomic mass is 16.5. The van der Waals surface area contributed by atoms with Crippen molar-refractivity contribution in [3.05, 3.63) is 65.7 Å². The van der Waals surface area contributed by atoms with Gasteiger partial charge in [-0.15, -0.1) is 0 Å². The second-order valence-electron chi connectivity index (χ2n) is 12.9. The van der Waals surface area contributed by atoms with Crippen LogP contribution in [0.3, 0.4) is 0 Å². The number of carbonyl (C=O) groups is 2. The van der Waals surface area contributed by atoms with E-state index in [9.17, 15) is 9.59 Å². The van der Waals surface area contributed by atoms with E-state index in [1.807, 2.05) is 63.5 Å². The van der Waals surface area contributed by atoms with Crippen molar-refractivity contribution in [1.82, 2.24) is 14.9 Å². The Labute approximate surface area is 260 Å². The second-order valence-corrected chi connectivity index (χ2v) is 12.9. The van der Waals surface area contributed by atoms with E-state index in [0.29, 0.717) is 18.8 Å². The molecule has 10 heteroatoms. The highest BCUT2D eigenvalue weighted by Crippen LogP contribution is 2.49. The largest absolute Gasteiger partial charge is 0.491 e. The molecule has 44 heavy (non-hydrogen) atoms. The van der Waals surface area contributed by atoms with Gasteiger partial charge in [-0.05, 0) is 58.3 Å². The minimum absolute atomic E-state index is 0.0739. The summed E-state index contributed by atoms with van der Waals surface area (Å²) in [6.45, 7) is 4.95. The number of nitrogens with zero attached hydrogens (tertiary/aromatic N) is 5. The molecule has 1 saturated heterocycles. The van der Waals surface area contributed by atoms with Crippen molar-refractivity contribution < 1.29 is 19.1 Å². The lowest BCUT2D eigenvalue weighted by Crippen LogP contribution is -2.55. The van der Waals surface area contributed by atoms with Gasteiger partial charge in [0.15, 0.2) is 5.82 Å². The number of ether oxygens (including phenoxy) is 2. The van der Waals surface area contributed by atoms with Crippen LogP contribution in [-0.2, 0) is 25.7 Å². The Balaban J connectivity index is 1.30. The molecule has 4 atom stereocenters. The fourth-order valence-corrected chi connectivity index (χ4v) is 7.18. The molecule has 10 nitrogen and oxygen atoms in total. The number of esters is 1. The van der Waals surface area contributed by atoms with E-state index in [-0.39, 0.29) is 42.6 Å². The summed E-state index contributed by atoms with van der Waals surface area (Å²) in [7, 11) is 5.85. The van der Waals surface area contributed by atoms with Crippen LogP contribution in [0.4, 0.5) is 17.5 Å². The SMILES string of the molecule is CC[C@@H]1C(=O)N(C)c2cnc(NC3=C4OC(CN(C)C)CC4C(C)(C(=O)OCc4ccccc4)C=C3)nc2N1C1CCCC1. The van der Waals surface area contributed by atoms with E-state index in [0.717, 1.165) is 60.8 Å². The summed E-state index contributed by atoms with van der Waals surface area (Å²) < 4.78 is 12.4. The molecule has 1 amide bonds. The van der Waals surface area contributed by atoms with Gasteiger partial charge in [0.25, 0.3) is 0 Å². The lowest BCUT2D eigenvalue weighted by atomic mass is 9.71. The van der Waals surface area contributed by atoms with Crippen molar-refractivity contribution in [2.75, 3.05) is 42.8 Å². The zero-order chi connectivity index (χ0) is 31.0. The van der Waals surface area contributed by atoms with Gasteiger partial charge in [-0.1, -0.05) is 56.2 Å². The van der Waals surface area contributed by atoms with Crippen molar-refractivity contribution in [1.29, 1.82) is 0 Å². The Hall–Kier alpha value is -3.92. The van der Waals surface area contributed by atoms with Gasteiger partial charge in [0.1, 0.15) is 30.2 Å². The van der Waals surface area contributed by atoms with Crippen molar-refractivity contribution >= 4 is 29.3 Å². The number of amides is 1. The Morgan fingerprint density at radius 3 is 2.66 bits per heavy atom. The predicted octanol–water partition coefficient (Wildman–Crippen LogP) is 4.89. The number of rotatable bonds is 9. The van der Waals surface area contributed by atoms with Gasteiger partial charge >= 0.3 is 5.97 Å². The molecular weight excluding hydrogens is 556 g/mol. The van der Waals surface area contributed by atoms with E-state index in [1.165, 1.54) is 0 Å². The smallest absolute Gasteiger partial charge is 0.316 e. The average Bonchev–Trinajstić information content (AvgIpc) is 3.70. The summed E-state index contributed by atoms with van der Waals surface area (Å²) in [4.78, 5) is 42.6. The fourth-order valence-electron chi connectivity index (χ4n) is 7.18. The Morgan fingerprint density at radius 2 is 1.95 bits per heavy atom. The van der Waals surface area contributed by atoms with Crippen molar-refractivity contribution in [2.24, 2.45) is 11.3 Å². The van der Waals surface area contributed by atoms with Gasteiger partial charge < -0.3 is 29.5 Å². The molecule has 1 N–H and O–H groups in total. The third kappa shape index (κ3) is 5.56. The topological polar surface area (TPSA) is 100 Å². The Morgan fingerprint density at radius 1 is 1.20 bits per heavy atom. The lowest BCUT2D eigenvalue weighted by molar-refractivity contribution is -0.155. The monoisotopic (exact) mass is 600 g/mol.